The molecule has 0 amide bonds. The minimum atomic E-state index is 0.491. The van der Waals surface area contributed by atoms with Gasteiger partial charge in [0.15, 0.2) is 0 Å². The fraction of sp³-hybridized carbons (Fsp3) is 0.500. The lowest BCUT2D eigenvalue weighted by molar-refractivity contribution is 0.759. The molecule has 1 atom stereocenters. The predicted molar refractivity (Wildman–Crippen MR) is 69.6 cm³/mol. The molecule has 2 heteroatoms. The molecule has 0 radical (unpaired) electrons. The highest BCUT2D eigenvalue weighted by Gasteiger charge is 2.16. The maximum atomic E-state index is 4.77. The standard InChI is InChI=1S/C14H20N2/c1-3-12-7-4-5-8-14(12)16-11(2)13-9-6-10-15-13/h4-5,7-8,13,15H,3,6,9-10H2,1-2H3. The van der Waals surface area contributed by atoms with Gasteiger partial charge in [0.1, 0.15) is 0 Å². The third kappa shape index (κ3) is 2.50. The fourth-order valence-electron chi connectivity index (χ4n) is 2.23. The summed E-state index contributed by atoms with van der Waals surface area (Å²) < 4.78 is 0. The van der Waals surface area contributed by atoms with Crippen molar-refractivity contribution in [3.8, 4) is 0 Å². The second-order valence-electron chi connectivity index (χ2n) is 4.38. The Balaban J connectivity index is 2.20. The predicted octanol–water partition coefficient (Wildman–Crippen LogP) is 3.09. The van der Waals surface area contributed by atoms with Gasteiger partial charge in [-0.25, -0.2) is 0 Å². The molecule has 1 aliphatic heterocycles. The van der Waals surface area contributed by atoms with E-state index in [0.29, 0.717) is 6.04 Å². The van der Waals surface area contributed by atoms with Crippen molar-refractivity contribution < 1.29 is 0 Å². The molecule has 1 unspecified atom stereocenters. The van der Waals surface area contributed by atoms with Crippen LogP contribution in [0, 0.1) is 0 Å². The smallest absolute Gasteiger partial charge is 0.0661 e. The average molecular weight is 216 g/mol. The number of nitrogens with one attached hydrogen (secondary N) is 1. The normalized spacial score (nSPS) is 21.4. The molecule has 16 heavy (non-hydrogen) atoms. The maximum absolute atomic E-state index is 4.77. The largest absolute Gasteiger partial charge is 0.309 e. The first-order valence-electron chi connectivity index (χ1n) is 6.17. The molecular formula is C14H20N2. The van der Waals surface area contributed by atoms with Gasteiger partial charge >= 0.3 is 0 Å². The molecule has 0 aliphatic carbocycles. The Morgan fingerprint density at radius 1 is 1.44 bits per heavy atom. The number of hydrogen-bond acceptors (Lipinski definition) is 2. The van der Waals surface area contributed by atoms with Crippen LogP contribution in [0.5, 0.6) is 0 Å². The van der Waals surface area contributed by atoms with E-state index in [-0.39, 0.29) is 0 Å². The lowest BCUT2D eigenvalue weighted by Gasteiger charge is -2.10. The van der Waals surface area contributed by atoms with Crippen molar-refractivity contribution in [1.82, 2.24) is 5.32 Å². The average Bonchev–Trinajstić information content (AvgIpc) is 2.83. The molecule has 1 N–H and O–H groups in total. The highest BCUT2D eigenvalue weighted by Crippen LogP contribution is 2.20. The third-order valence-electron chi connectivity index (χ3n) is 3.23. The van der Waals surface area contributed by atoms with Crippen molar-refractivity contribution in [2.45, 2.75) is 39.2 Å². The summed E-state index contributed by atoms with van der Waals surface area (Å²) in [5.74, 6) is 0. The van der Waals surface area contributed by atoms with Gasteiger partial charge in [-0.3, -0.25) is 4.99 Å². The molecule has 1 fully saturated rings. The minimum Gasteiger partial charge on any atom is -0.309 e. The molecule has 2 rings (SSSR count). The van der Waals surface area contributed by atoms with Crippen molar-refractivity contribution in [3.63, 3.8) is 0 Å². The minimum absolute atomic E-state index is 0.491. The van der Waals surface area contributed by atoms with Gasteiger partial charge in [-0.15, -0.1) is 0 Å². The summed E-state index contributed by atoms with van der Waals surface area (Å²) in [5, 5.41) is 3.48. The first-order valence-corrected chi connectivity index (χ1v) is 6.17. The van der Waals surface area contributed by atoms with Gasteiger partial charge in [-0.2, -0.15) is 0 Å². The number of para-hydroxylation sites is 1. The molecule has 0 saturated carbocycles. The number of benzene rings is 1. The second-order valence-corrected chi connectivity index (χ2v) is 4.38. The van der Waals surface area contributed by atoms with Crippen LogP contribution in [0.3, 0.4) is 0 Å². The zero-order chi connectivity index (χ0) is 11.4. The third-order valence-corrected chi connectivity index (χ3v) is 3.23. The van der Waals surface area contributed by atoms with Gasteiger partial charge in [-0.1, -0.05) is 25.1 Å². The van der Waals surface area contributed by atoms with Crippen LogP contribution in [0.1, 0.15) is 32.3 Å². The molecule has 0 spiro atoms. The zero-order valence-electron chi connectivity index (χ0n) is 10.2. The summed E-state index contributed by atoms with van der Waals surface area (Å²) in [6.07, 6.45) is 3.54. The fourth-order valence-corrected chi connectivity index (χ4v) is 2.23. The van der Waals surface area contributed by atoms with E-state index in [1.54, 1.807) is 0 Å². The van der Waals surface area contributed by atoms with Crippen LogP contribution in [0.15, 0.2) is 29.3 Å². The van der Waals surface area contributed by atoms with Crippen LogP contribution in [-0.2, 0) is 6.42 Å². The Morgan fingerprint density at radius 3 is 2.94 bits per heavy atom. The Hall–Kier alpha value is -1.15. The number of aliphatic imine (C=N–C) groups is 1. The summed E-state index contributed by atoms with van der Waals surface area (Å²) >= 11 is 0. The van der Waals surface area contributed by atoms with Gasteiger partial charge in [0.25, 0.3) is 0 Å². The van der Waals surface area contributed by atoms with Gasteiger partial charge in [0.2, 0.25) is 0 Å². The SMILES string of the molecule is CCc1ccccc1N=C(C)C1CCCN1. The molecule has 1 aromatic rings. The van der Waals surface area contributed by atoms with Crippen molar-refractivity contribution in [2.24, 2.45) is 4.99 Å². The topological polar surface area (TPSA) is 24.4 Å². The van der Waals surface area contributed by atoms with Crippen LogP contribution in [0.25, 0.3) is 0 Å². The number of aryl methyl sites for hydroxylation is 1. The van der Waals surface area contributed by atoms with Crippen LogP contribution in [-0.4, -0.2) is 18.3 Å². The first kappa shape index (κ1) is 11.3. The highest BCUT2D eigenvalue weighted by atomic mass is 15.0. The quantitative estimate of drug-likeness (QED) is 0.771. The second kappa shape index (κ2) is 5.26. The van der Waals surface area contributed by atoms with Crippen LogP contribution < -0.4 is 5.32 Å². The first-order chi connectivity index (χ1) is 7.81. The molecule has 1 saturated heterocycles. The molecule has 0 bridgehead atoms. The Morgan fingerprint density at radius 2 is 2.25 bits per heavy atom. The summed E-state index contributed by atoms with van der Waals surface area (Å²) in [6.45, 7) is 5.44. The van der Waals surface area contributed by atoms with E-state index in [0.717, 1.165) is 18.7 Å². The lowest BCUT2D eigenvalue weighted by Crippen LogP contribution is -2.28. The molecule has 1 aromatic carbocycles. The van der Waals surface area contributed by atoms with E-state index < -0.39 is 0 Å². The summed E-state index contributed by atoms with van der Waals surface area (Å²) in [6, 6.07) is 8.91. The monoisotopic (exact) mass is 216 g/mol. The van der Waals surface area contributed by atoms with Crippen molar-refractivity contribution in [3.05, 3.63) is 29.8 Å². The molecule has 1 heterocycles. The van der Waals surface area contributed by atoms with E-state index in [9.17, 15) is 0 Å². The van der Waals surface area contributed by atoms with E-state index in [2.05, 4.69) is 43.4 Å². The van der Waals surface area contributed by atoms with E-state index >= 15 is 0 Å². The lowest BCUT2D eigenvalue weighted by atomic mass is 10.1. The number of hydrogen-bond donors (Lipinski definition) is 1. The van der Waals surface area contributed by atoms with Gasteiger partial charge in [0, 0.05) is 11.8 Å². The van der Waals surface area contributed by atoms with Crippen molar-refractivity contribution in [1.29, 1.82) is 0 Å². The number of rotatable bonds is 3. The molecule has 0 aromatic heterocycles. The summed E-state index contributed by atoms with van der Waals surface area (Å²) in [7, 11) is 0. The molecular weight excluding hydrogens is 196 g/mol. The highest BCUT2D eigenvalue weighted by molar-refractivity contribution is 5.90. The van der Waals surface area contributed by atoms with Crippen molar-refractivity contribution in [2.75, 3.05) is 6.54 Å². The van der Waals surface area contributed by atoms with E-state index in [4.69, 9.17) is 4.99 Å². The Kier molecular flexibility index (Phi) is 3.73. The van der Waals surface area contributed by atoms with Crippen LogP contribution in [0.4, 0.5) is 5.69 Å². The molecule has 2 nitrogen and oxygen atoms in total. The van der Waals surface area contributed by atoms with E-state index in [1.807, 2.05) is 0 Å². The van der Waals surface area contributed by atoms with Gasteiger partial charge in [-0.05, 0) is 44.4 Å². The van der Waals surface area contributed by atoms with Crippen LogP contribution in [0.2, 0.25) is 0 Å². The summed E-state index contributed by atoms with van der Waals surface area (Å²) in [5.41, 5.74) is 3.69. The van der Waals surface area contributed by atoms with Gasteiger partial charge in [0.05, 0.1) is 5.69 Å². The maximum Gasteiger partial charge on any atom is 0.0661 e. The molecule has 86 valence electrons. The van der Waals surface area contributed by atoms with Crippen molar-refractivity contribution >= 4 is 11.4 Å². The zero-order valence-corrected chi connectivity index (χ0v) is 10.2. The van der Waals surface area contributed by atoms with Crippen LogP contribution >= 0.6 is 0 Å². The number of nitrogens with zero attached hydrogens (tertiary/aromatic N) is 1. The molecule has 1 aliphatic rings. The Labute approximate surface area is 97.8 Å². The van der Waals surface area contributed by atoms with Gasteiger partial charge < -0.3 is 5.32 Å². The van der Waals surface area contributed by atoms with E-state index in [1.165, 1.54) is 24.1 Å². The summed E-state index contributed by atoms with van der Waals surface area (Å²) in [4.78, 5) is 4.77. The Bertz CT molecular complexity index is 376.